The van der Waals surface area contributed by atoms with Crippen molar-refractivity contribution < 1.29 is 13.5 Å². The molecule has 1 aromatic rings. The first kappa shape index (κ1) is 19.7. The molecule has 0 unspecified atom stereocenters. The van der Waals surface area contributed by atoms with Gasteiger partial charge >= 0.3 is 0 Å². The number of allylic oxidation sites excluding steroid dienone is 3. The first-order chi connectivity index (χ1) is 12.2. The fourth-order valence-corrected chi connectivity index (χ4v) is 3.48. The Morgan fingerprint density at radius 1 is 1.12 bits per heavy atom. The topological polar surface area (TPSA) is 9.23 Å². The van der Waals surface area contributed by atoms with Crippen molar-refractivity contribution in [2.24, 2.45) is 11.8 Å². The number of halogens is 2. The van der Waals surface area contributed by atoms with Gasteiger partial charge in [-0.05, 0) is 75.3 Å². The van der Waals surface area contributed by atoms with Crippen LogP contribution in [0.5, 0.6) is 5.75 Å². The summed E-state index contributed by atoms with van der Waals surface area (Å²) >= 11 is 0. The van der Waals surface area contributed by atoms with E-state index in [9.17, 15) is 8.78 Å². The molecule has 1 aromatic carbocycles. The van der Waals surface area contributed by atoms with Crippen LogP contribution >= 0.6 is 0 Å². The van der Waals surface area contributed by atoms with E-state index in [2.05, 4.69) is 19.1 Å². The van der Waals surface area contributed by atoms with Gasteiger partial charge in [-0.1, -0.05) is 37.6 Å². The summed E-state index contributed by atoms with van der Waals surface area (Å²) in [4.78, 5) is 0. The summed E-state index contributed by atoms with van der Waals surface area (Å²) in [6.45, 7) is 3.96. The van der Waals surface area contributed by atoms with Gasteiger partial charge in [-0.15, -0.1) is 0 Å². The Labute approximate surface area is 150 Å². The molecule has 25 heavy (non-hydrogen) atoms. The van der Waals surface area contributed by atoms with Gasteiger partial charge in [0.25, 0.3) is 0 Å². The van der Waals surface area contributed by atoms with E-state index in [0.29, 0.717) is 23.8 Å². The van der Waals surface area contributed by atoms with E-state index >= 15 is 0 Å². The summed E-state index contributed by atoms with van der Waals surface area (Å²) in [7, 11) is 0. The van der Waals surface area contributed by atoms with Crippen LogP contribution in [0.4, 0.5) is 8.78 Å². The molecule has 0 atom stereocenters. The smallest absolute Gasteiger partial charge is 0.201 e. The minimum Gasteiger partial charge on any atom is -0.462 e. The molecule has 0 aliphatic heterocycles. The van der Waals surface area contributed by atoms with E-state index in [-0.39, 0.29) is 5.75 Å². The molecule has 0 heterocycles. The predicted molar refractivity (Wildman–Crippen MR) is 99.6 cm³/mol. The molecule has 0 aromatic heterocycles. The minimum atomic E-state index is -0.889. The molecule has 0 radical (unpaired) electrons. The molecule has 1 fully saturated rings. The van der Waals surface area contributed by atoms with Crippen LogP contribution in [0, 0.1) is 23.5 Å². The molecule has 0 spiro atoms. The molecule has 0 N–H and O–H groups in total. The highest BCUT2D eigenvalue weighted by molar-refractivity contribution is 5.31. The number of hydrogen-bond donors (Lipinski definition) is 0. The lowest BCUT2D eigenvalue weighted by atomic mass is 9.79. The van der Waals surface area contributed by atoms with Crippen molar-refractivity contribution in [1.82, 2.24) is 0 Å². The first-order valence-electron chi connectivity index (χ1n) is 9.57. The van der Waals surface area contributed by atoms with E-state index < -0.39 is 11.6 Å². The van der Waals surface area contributed by atoms with E-state index in [4.69, 9.17) is 4.74 Å². The van der Waals surface area contributed by atoms with E-state index in [1.54, 1.807) is 19.1 Å². The Morgan fingerprint density at radius 3 is 2.56 bits per heavy atom. The maximum Gasteiger partial charge on any atom is 0.201 e. The van der Waals surface area contributed by atoms with Crippen LogP contribution in [0.15, 0.2) is 36.6 Å². The first-order valence-corrected chi connectivity index (χ1v) is 9.57. The molecular weight excluding hydrogens is 318 g/mol. The van der Waals surface area contributed by atoms with Crippen LogP contribution in [-0.4, -0.2) is 0 Å². The van der Waals surface area contributed by atoms with Crippen LogP contribution in [0.3, 0.4) is 0 Å². The predicted octanol–water partition coefficient (Wildman–Crippen LogP) is 6.97. The lowest BCUT2D eigenvalue weighted by Crippen LogP contribution is -2.14. The number of rotatable bonds is 8. The molecule has 1 saturated carbocycles. The Balaban J connectivity index is 1.83. The van der Waals surface area contributed by atoms with Gasteiger partial charge < -0.3 is 4.74 Å². The summed E-state index contributed by atoms with van der Waals surface area (Å²) in [6, 6.07) is 3.17. The van der Waals surface area contributed by atoms with Crippen molar-refractivity contribution in [3.8, 4) is 5.75 Å². The second-order valence-corrected chi connectivity index (χ2v) is 6.97. The Hall–Kier alpha value is -1.64. The number of hydrogen-bond acceptors (Lipinski definition) is 1. The van der Waals surface area contributed by atoms with Crippen molar-refractivity contribution in [3.63, 3.8) is 0 Å². The number of ether oxygens (including phenoxy) is 1. The van der Waals surface area contributed by atoms with Gasteiger partial charge in [0.05, 0.1) is 6.26 Å². The van der Waals surface area contributed by atoms with Crippen molar-refractivity contribution >= 4 is 0 Å². The summed E-state index contributed by atoms with van der Waals surface area (Å²) in [5.74, 6) is -0.380. The lowest BCUT2D eigenvalue weighted by molar-refractivity contribution is 0.294. The highest BCUT2D eigenvalue weighted by Gasteiger charge is 2.21. The minimum absolute atomic E-state index is 0.0567. The van der Waals surface area contributed by atoms with Gasteiger partial charge in [-0.25, -0.2) is 4.39 Å². The molecule has 0 amide bonds. The lowest BCUT2D eigenvalue weighted by Gasteiger charge is -2.26. The second kappa shape index (κ2) is 10.4. The molecule has 3 heteroatoms. The van der Waals surface area contributed by atoms with Gasteiger partial charge in [-0.2, -0.15) is 4.39 Å². The van der Waals surface area contributed by atoms with Gasteiger partial charge in [0.1, 0.15) is 0 Å². The zero-order chi connectivity index (χ0) is 18.1. The van der Waals surface area contributed by atoms with Crippen LogP contribution in [-0.2, 0) is 6.42 Å². The third-order valence-corrected chi connectivity index (χ3v) is 5.03. The van der Waals surface area contributed by atoms with Crippen molar-refractivity contribution in [2.75, 3.05) is 0 Å². The van der Waals surface area contributed by atoms with Crippen LogP contribution in [0.1, 0.15) is 64.4 Å². The van der Waals surface area contributed by atoms with Crippen molar-refractivity contribution in [1.29, 1.82) is 0 Å². The fourth-order valence-electron chi connectivity index (χ4n) is 3.48. The normalized spacial score (nSPS) is 21.3. The van der Waals surface area contributed by atoms with Crippen LogP contribution in [0.2, 0.25) is 0 Å². The highest BCUT2D eigenvalue weighted by Crippen LogP contribution is 2.33. The summed E-state index contributed by atoms with van der Waals surface area (Å²) in [5.41, 5.74) is 0.454. The molecule has 1 nitrogen and oxygen atoms in total. The van der Waals surface area contributed by atoms with E-state index in [1.807, 2.05) is 0 Å². The van der Waals surface area contributed by atoms with Crippen LogP contribution < -0.4 is 4.74 Å². The van der Waals surface area contributed by atoms with Crippen molar-refractivity contribution in [3.05, 3.63) is 53.8 Å². The standard InChI is InChI=1S/C22H30F2O/c1-3-5-6-7-17-8-10-18(11-9-17)12-13-19-14-15-20(25-16-4-2)22(24)21(19)23/h4,6-7,14-18H,3,5,8-13H2,1-2H3. The second-order valence-electron chi connectivity index (χ2n) is 6.97. The van der Waals surface area contributed by atoms with Gasteiger partial charge in [-0.3, -0.25) is 0 Å². The Kier molecular flexibility index (Phi) is 8.17. The zero-order valence-corrected chi connectivity index (χ0v) is 15.4. The molecular formula is C22H30F2O. The average Bonchev–Trinajstić information content (AvgIpc) is 2.63. The maximum atomic E-state index is 14.2. The largest absolute Gasteiger partial charge is 0.462 e. The molecule has 1 aliphatic carbocycles. The zero-order valence-electron chi connectivity index (χ0n) is 15.4. The summed E-state index contributed by atoms with van der Waals surface area (Å²) in [6.07, 6.45) is 16.4. The monoisotopic (exact) mass is 348 g/mol. The van der Waals surface area contributed by atoms with Gasteiger partial charge in [0.15, 0.2) is 11.6 Å². The highest BCUT2D eigenvalue weighted by atomic mass is 19.2. The van der Waals surface area contributed by atoms with Gasteiger partial charge in [0.2, 0.25) is 5.82 Å². The number of unbranched alkanes of at least 4 members (excludes halogenated alkanes) is 1. The fraction of sp³-hybridized carbons (Fsp3) is 0.545. The molecule has 0 bridgehead atoms. The Bertz CT molecular complexity index is 584. The Morgan fingerprint density at radius 2 is 1.88 bits per heavy atom. The SMILES string of the molecule is CC=COc1ccc(CCC2CCC(C=CCCC)CC2)c(F)c1F. The molecule has 2 rings (SSSR count). The molecule has 1 aliphatic rings. The summed E-state index contributed by atoms with van der Waals surface area (Å²) in [5, 5.41) is 0. The average molecular weight is 348 g/mol. The summed E-state index contributed by atoms with van der Waals surface area (Å²) < 4.78 is 33.3. The van der Waals surface area contributed by atoms with Crippen LogP contribution in [0.25, 0.3) is 0 Å². The van der Waals surface area contributed by atoms with E-state index in [1.165, 1.54) is 50.9 Å². The number of benzene rings is 1. The third kappa shape index (κ3) is 5.98. The molecule has 0 saturated heterocycles. The van der Waals surface area contributed by atoms with E-state index in [0.717, 1.165) is 6.42 Å². The maximum absolute atomic E-state index is 14.2. The third-order valence-electron chi connectivity index (χ3n) is 5.03. The van der Waals surface area contributed by atoms with Crippen molar-refractivity contribution in [2.45, 2.75) is 65.2 Å². The van der Waals surface area contributed by atoms with Gasteiger partial charge in [0, 0.05) is 0 Å². The quantitative estimate of drug-likeness (QED) is 0.364. The molecule has 138 valence electrons. The number of aryl methyl sites for hydroxylation is 1.